The van der Waals surface area contributed by atoms with E-state index < -0.39 is 24.1 Å². The number of pyridine rings is 1. The highest BCUT2D eigenvalue weighted by molar-refractivity contribution is 6.32. The van der Waals surface area contributed by atoms with E-state index in [0.717, 1.165) is 32.4 Å². The molecule has 0 bridgehead atoms. The van der Waals surface area contributed by atoms with E-state index in [1.807, 2.05) is 0 Å². The summed E-state index contributed by atoms with van der Waals surface area (Å²) in [6.07, 6.45) is 4.11. The molecule has 11 heteroatoms. The number of halogens is 3. The largest absolute Gasteiger partial charge is 0.480 e. The molecule has 3 aliphatic rings. The first-order valence-corrected chi connectivity index (χ1v) is 12.6. The molecule has 0 amide bonds. The first-order valence-electron chi connectivity index (χ1n) is 12.2. The summed E-state index contributed by atoms with van der Waals surface area (Å²) in [4.78, 5) is 24.1. The average molecular weight is 517 g/mol. The van der Waals surface area contributed by atoms with Gasteiger partial charge in [-0.1, -0.05) is 18.5 Å². The zero-order chi connectivity index (χ0) is 25.2. The number of benzene rings is 1. The number of ether oxygens (including phenoxy) is 1. The number of rotatable bonds is 4. The van der Waals surface area contributed by atoms with Crippen molar-refractivity contribution in [3.05, 3.63) is 39.8 Å². The van der Waals surface area contributed by atoms with Crippen LogP contribution in [0.2, 0.25) is 5.02 Å². The number of alkyl halides is 2. The number of anilines is 4. The number of aromatic nitrogens is 3. The molecule has 8 nitrogen and oxygen atoms in total. The number of nitrogens with one attached hydrogen (secondary N) is 2. The van der Waals surface area contributed by atoms with Gasteiger partial charge in [0.15, 0.2) is 12.4 Å². The number of nitrogens with zero attached hydrogens (tertiary/aromatic N) is 4. The van der Waals surface area contributed by atoms with Gasteiger partial charge >= 0.3 is 5.92 Å². The zero-order valence-electron chi connectivity index (χ0n) is 20.0. The van der Waals surface area contributed by atoms with Crippen molar-refractivity contribution >= 4 is 45.6 Å². The van der Waals surface area contributed by atoms with Crippen LogP contribution in [0.5, 0.6) is 5.75 Å². The van der Waals surface area contributed by atoms with Crippen LogP contribution in [-0.2, 0) is 7.05 Å². The Morgan fingerprint density at radius 2 is 2.08 bits per heavy atom. The number of hydrogen-bond donors (Lipinski definition) is 2. The Labute approximate surface area is 211 Å². The maximum absolute atomic E-state index is 14.9. The van der Waals surface area contributed by atoms with Crippen LogP contribution in [0.1, 0.15) is 26.2 Å². The highest BCUT2D eigenvalue weighted by Gasteiger charge is 2.51. The summed E-state index contributed by atoms with van der Waals surface area (Å²) in [5.41, 5.74) is 1.08. The van der Waals surface area contributed by atoms with E-state index in [1.165, 1.54) is 4.57 Å². The van der Waals surface area contributed by atoms with E-state index in [2.05, 4.69) is 32.4 Å². The van der Waals surface area contributed by atoms with Gasteiger partial charge in [-0.2, -0.15) is 4.98 Å². The molecule has 1 saturated carbocycles. The smallest absolute Gasteiger partial charge is 0.301 e. The first kappa shape index (κ1) is 23.3. The highest BCUT2D eigenvalue weighted by Crippen LogP contribution is 2.45. The van der Waals surface area contributed by atoms with E-state index in [9.17, 15) is 13.6 Å². The molecule has 1 aromatic carbocycles. The fourth-order valence-corrected chi connectivity index (χ4v) is 5.28. The van der Waals surface area contributed by atoms with Crippen molar-refractivity contribution in [2.24, 2.45) is 18.9 Å². The van der Waals surface area contributed by atoms with Crippen LogP contribution in [0.4, 0.5) is 31.9 Å². The summed E-state index contributed by atoms with van der Waals surface area (Å²) >= 11 is 6.41. The molecule has 2 fully saturated rings. The Morgan fingerprint density at radius 1 is 1.28 bits per heavy atom. The van der Waals surface area contributed by atoms with E-state index in [4.69, 9.17) is 16.3 Å². The van der Waals surface area contributed by atoms with Crippen LogP contribution in [0, 0.1) is 11.8 Å². The zero-order valence-corrected chi connectivity index (χ0v) is 20.8. The van der Waals surface area contributed by atoms with Crippen molar-refractivity contribution in [2.45, 2.75) is 38.2 Å². The van der Waals surface area contributed by atoms with Crippen molar-refractivity contribution in [3.63, 3.8) is 0 Å². The molecule has 3 aromatic rings. The number of aryl methyl sites for hydroxylation is 1. The van der Waals surface area contributed by atoms with Gasteiger partial charge in [0.05, 0.1) is 23.4 Å². The Kier molecular flexibility index (Phi) is 5.47. The molecule has 0 radical (unpaired) electrons. The van der Waals surface area contributed by atoms with Gasteiger partial charge < -0.3 is 24.8 Å². The lowest BCUT2D eigenvalue weighted by Gasteiger charge is -2.25. The minimum Gasteiger partial charge on any atom is -0.480 e. The molecule has 2 aliphatic heterocycles. The topological polar surface area (TPSA) is 84.3 Å². The molecule has 2 N–H and O–H groups in total. The fraction of sp³-hybridized carbons (Fsp3) is 0.480. The fourth-order valence-electron chi connectivity index (χ4n) is 5.14. The third-order valence-corrected chi connectivity index (χ3v) is 7.59. The maximum atomic E-state index is 14.9. The van der Waals surface area contributed by atoms with Gasteiger partial charge in [0.1, 0.15) is 5.02 Å². The summed E-state index contributed by atoms with van der Waals surface area (Å²) in [5.74, 6) is -1.71. The minimum absolute atomic E-state index is 0.0875. The third kappa shape index (κ3) is 4.01. The van der Waals surface area contributed by atoms with Crippen LogP contribution in [0.15, 0.2) is 29.2 Å². The van der Waals surface area contributed by atoms with Crippen molar-refractivity contribution in [3.8, 4) is 5.75 Å². The molecule has 4 heterocycles. The van der Waals surface area contributed by atoms with Gasteiger partial charge in [0.2, 0.25) is 11.7 Å². The molecule has 6 rings (SSSR count). The first-order chi connectivity index (χ1) is 17.2. The van der Waals surface area contributed by atoms with Gasteiger partial charge in [-0.3, -0.25) is 4.79 Å². The lowest BCUT2D eigenvalue weighted by atomic mass is 10.0. The lowest BCUT2D eigenvalue weighted by Crippen LogP contribution is -2.44. The van der Waals surface area contributed by atoms with Crippen molar-refractivity contribution < 1.29 is 13.5 Å². The lowest BCUT2D eigenvalue weighted by molar-refractivity contribution is -0.0579. The molecule has 36 heavy (non-hydrogen) atoms. The van der Waals surface area contributed by atoms with E-state index >= 15 is 0 Å². The molecular formula is C25H27ClF2N6O2. The highest BCUT2D eigenvalue weighted by atomic mass is 35.5. The predicted molar refractivity (Wildman–Crippen MR) is 136 cm³/mol. The summed E-state index contributed by atoms with van der Waals surface area (Å²) in [6, 6.07) is 4.28. The molecule has 1 saturated heterocycles. The minimum atomic E-state index is -3.09. The van der Waals surface area contributed by atoms with Crippen molar-refractivity contribution in [2.75, 3.05) is 35.2 Å². The van der Waals surface area contributed by atoms with Gasteiger partial charge in [0, 0.05) is 31.2 Å². The molecule has 0 spiro atoms. The Hall–Kier alpha value is -3.14. The van der Waals surface area contributed by atoms with Crippen LogP contribution < -0.4 is 25.8 Å². The average Bonchev–Trinajstić information content (AvgIpc) is 3.61. The molecule has 2 aromatic heterocycles. The van der Waals surface area contributed by atoms with E-state index in [1.54, 1.807) is 31.4 Å². The van der Waals surface area contributed by atoms with Gasteiger partial charge in [-0.15, -0.1) is 0 Å². The van der Waals surface area contributed by atoms with Gasteiger partial charge in [-0.05, 0) is 49.3 Å². The number of hydrogen-bond acceptors (Lipinski definition) is 7. The molecule has 1 aliphatic carbocycles. The Morgan fingerprint density at radius 3 is 2.81 bits per heavy atom. The SMILES string of the molecule is CC1CCN(c2ncc(Cl)c(Nc3ccc4c(c3)c3c(c(=O)n4C)OCC(F)(F)[C@H](C4CC4)N3)n2)C1. The summed E-state index contributed by atoms with van der Waals surface area (Å²) in [6.45, 7) is 3.13. The normalized spacial score (nSPS) is 23.1. The second-order valence-corrected chi connectivity index (χ2v) is 10.5. The number of fused-ring (bicyclic) bond motifs is 3. The van der Waals surface area contributed by atoms with Gasteiger partial charge in [-0.25, -0.2) is 13.8 Å². The van der Waals surface area contributed by atoms with Crippen molar-refractivity contribution in [1.29, 1.82) is 0 Å². The predicted octanol–water partition coefficient (Wildman–Crippen LogP) is 4.79. The molecular weight excluding hydrogens is 490 g/mol. The van der Waals surface area contributed by atoms with Crippen molar-refractivity contribution in [1.82, 2.24) is 14.5 Å². The Bertz CT molecular complexity index is 1410. The molecule has 2 atom stereocenters. The quantitative estimate of drug-likeness (QED) is 0.516. The van der Waals surface area contributed by atoms with E-state index in [-0.39, 0.29) is 11.7 Å². The second kappa shape index (κ2) is 8.47. The van der Waals surface area contributed by atoms with Gasteiger partial charge in [0.25, 0.3) is 5.56 Å². The molecule has 1 unspecified atom stereocenters. The van der Waals surface area contributed by atoms with Crippen LogP contribution in [0.3, 0.4) is 0 Å². The summed E-state index contributed by atoms with van der Waals surface area (Å²) < 4.78 is 36.6. The standard InChI is InChI=1S/C25H27ClF2N6O2/c1-13-7-8-34(11-13)24-29-10-17(26)22(32-24)30-15-5-6-18-16(9-15)19-20(23(35)33(18)2)36-12-25(27,28)21(31-19)14-3-4-14/h5-6,9-10,13-14,21,31H,3-4,7-8,11-12H2,1-2H3,(H,29,30,32)/t13?,21-/m0/s1. The monoisotopic (exact) mass is 516 g/mol. The van der Waals surface area contributed by atoms with Crippen LogP contribution >= 0.6 is 11.6 Å². The summed E-state index contributed by atoms with van der Waals surface area (Å²) in [7, 11) is 1.60. The summed E-state index contributed by atoms with van der Waals surface area (Å²) in [5, 5.41) is 7.20. The van der Waals surface area contributed by atoms with Crippen LogP contribution in [-0.4, -0.2) is 46.2 Å². The van der Waals surface area contributed by atoms with Crippen LogP contribution in [0.25, 0.3) is 10.9 Å². The van der Waals surface area contributed by atoms with E-state index in [0.29, 0.717) is 45.0 Å². The second-order valence-electron chi connectivity index (χ2n) is 10.1. The third-order valence-electron chi connectivity index (χ3n) is 7.31. The molecule has 190 valence electrons. The maximum Gasteiger partial charge on any atom is 0.301 e. The Balaban J connectivity index is 1.40.